The maximum absolute atomic E-state index is 12.6. The summed E-state index contributed by atoms with van der Waals surface area (Å²) in [7, 11) is 0. The molecule has 1 fully saturated rings. The van der Waals surface area contributed by atoms with E-state index in [4.69, 9.17) is 4.74 Å². The van der Waals surface area contributed by atoms with E-state index in [-0.39, 0.29) is 23.6 Å². The van der Waals surface area contributed by atoms with Crippen molar-refractivity contribution in [3.05, 3.63) is 0 Å². The minimum atomic E-state index is -0.527. The first-order valence-corrected chi connectivity index (χ1v) is 8.47. The lowest BCUT2D eigenvalue weighted by atomic mass is 10.1. The number of hydrogen-bond acceptors (Lipinski definition) is 4. The van der Waals surface area contributed by atoms with Gasteiger partial charge in [0.1, 0.15) is 11.6 Å². The Morgan fingerprint density at radius 3 is 2.22 bits per heavy atom. The van der Waals surface area contributed by atoms with Crippen LogP contribution in [0.15, 0.2) is 0 Å². The van der Waals surface area contributed by atoms with E-state index in [1.54, 1.807) is 4.90 Å². The van der Waals surface area contributed by atoms with E-state index in [1.165, 1.54) is 0 Å². The molecule has 6 nitrogen and oxygen atoms in total. The fraction of sp³-hybridized carbons (Fsp3) is 0.882. The van der Waals surface area contributed by atoms with Crippen molar-refractivity contribution in [1.82, 2.24) is 15.1 Å². The van der Waals surface area contributed by atoms with Crippen molar-refractivity contribution >= 4 is 12.0 Å². The van der Waals surface area contributed by atoms with Gasteiger partial charge < -0.3 is 15.0 Å². The van der Waals surface area contributed by atoms with Gasteiger partial charge in [0.05, 0.1) is 0 Å². The number of amides is 2. The Bertz CT molecular complexity index is 424. The van der Waals surface area contributed by atoms with Crippen LogP contribution in [0.1, 0.15) is 54.9 Å². The maximum atomic E-state index is 12.6. The number of nitrogens with one attached hydrogen (secondary N) is 1. The molecule has 0 aliphatic carbocycles. The largest absolute Gasteiger partial charge is 0.444 e. The molecule has 1 rings (SSSR count). The standard InChI is InChI=1S/C17H33N3O3/c1-8-9-19-10-11-20(15(22)23-17(5,6)7)12-13(19)14(21)18-16(2,3)4/h13H,8-12H2,1-7H3,(H,18,21)/t13-/m0/s1. The van der Waals surface area contributed by atoms with Crippen molar-refractivity contribution in [1.29, 1.82) is 0 Å². The highest BCUT2D eigenvalue weighted by Crippen LogP contribution is 2.16. The molecule has 0 aromatic rings. The molecule has 1 aliphatic heterocycles. The van der Waals surface area contributed by atoms with Crippen molar-refractivity contribution in [3.8, 4) is 0 Å². The minimum absolute atomic E-state index is 0.0285. The fourth-order valence-corrected chi connectivity index (χ4v) is 2.57. The lowest BCUT2D eigenvalue weighted by Crippen LogP contribution is -2.62. The Kier molecular flexibility index (Phi) is 6.45. The predicted octanol–water partition coefficient (Wildman–Crippen LogP) is 2.23. The third-order valence-electron chi connectivity index (χ3n) is 3.45. The third kappa shape index (κ3) is 6.77. The molecule has 1 N–H and O–H groups in total. The number of carbonyl (C=O) groups excluding carboxylic acids is 2. The molecule has 2 amide bonds. The number of carbonyl (C=O) groups is 2. The summed E-state index contributed by atoms with van der Waals surface area (Å²) in [6.07, 6.45) is 0.633. The normalized spacial score (nSPS) is 20.3. The highest BCUT2D eigenvalue weighted by Gasteiger charge is 2.36. The van der Waals surface area contributed by atoms with E-state index in [0.717, 1.165) is 13.0 Å². The van der Waals surface area contributed by atoms with Crippen LogP contribution in [-0.2, 0) is 9.53 Å². The van der Waals surface area contributed by atoms with Crippen LogP contribution in [0.3, 0.4) is 0 Å². The summed E-state index contributed by atoms with van der Waals surface area (Å²) in [6.45, 7) is 16.0. The Balaban J connectivity index is 2.80. The molecule has 0 aromatic heterocycles. The van der Waals surface area contributed by atoms with E-state index < -0.39 is 5.60 Å². The smallest absolute Gasteiger partial charge is 0.410 e. The molecule has 1 aliphatic rings. The summed E-state index contributed by atoms with van der Waals surface area (Å²) in [6, 6.07) is -0.324. The van der Waals surface area contributed by atoms with Gasteiger partial charge in [-0.2, -0.15) is 0 Å². The van der Waals surface area contributed by atoms with Crippen LogP contribution in [0.5, 0.6) is 0 Å². The van der Waals surface area contributed by atoms with Gasteiger partial charge in [-0.05, 0) is 54.5 Å². The van der Waals surface area contributed by atoms with Crippen molar-refractivity contribution in [3.63, 3.8) is 0 Å². The molecule has 1 saturated heterocycles. The fourth-order valence-electron chi connectivity index (χ4n) is 2.57. The van der Waals surface area contributed by atoms with Crippen LogP contribution in [0.4, 0.5) is 4.79 Å². The second kappa shape index (κ2) is 7.51. The molecule has 0 saturated carbocycles. The Labute approximate surface area is 140 Å². The molecular formula is C17H33N3O3. The summed E-state index contributed by atoms with van der Waals surface area (Å²) < 4.78 is 5.44. The average Bonchev–Trinajstić information content (AvgIpc) is 2.35. The maximum Gasteiger partial charge on any atom is 0.410 e. The van der Waals surface area contributed by atoms with E-state index in [9.17, 15) is 9.59 Å². The highest BCUT2D eigenvalue weighted by atomic mass is 16.6. The number of rotatable bonds is 3. The molecule has 1 atom stereocenters. The molecular weight excluding hydrogens is 294 g/mol. The quantitative estimate of drug-likeness (QED) is 0.863. The van der Waals surface area contributed by atoms with Crippen LogP contribution in [0, 0.1) is 0 Å². The van der Waals surface area contributed by atoms with Gasteiger partial charge >= 0.3 is 6.09 Å². The van der Waals surface area contributed by atoms with Gasteiger partial charge in [0, 0.05) is 25.2 Å². The van der Waals surface area contributed by atoms with Crippen LogP contribution >= 0.6 is 0 Å². The molecule has 6 heteroatoms. The zero-order valence-corrected chi connectivity index (χ0v) is 15.7. The summed E-state index contributed by atoms with van der Waals surface area (Å²) in [5.41, 5.74) is -0.816. The SMILES string of the molecule is CCCN1CCN(C(=O)OC(C)(C)C)C[C@H]1C(=O)NC(C)(C)C. The molecule has 1 heterocycles. The van der Waals surface area contributed by atoms with Crippen LogP contribution in [-0.4, -0.2) is 65.2 Å². The van der Waals surface area contributed by atoms with E-state index >= 15 is 0 Å². The van der Waals surface area contributed by atoms with Crippen LogP contribution < -0.4 is 5.32 Å². The molecule has 0 unspecified atom stereocenters. The van der Waals surface area contributed by atoms with Crippen molar-refractivity contribution in [2.24, 2.45) is 0 Å². The van der Waals surface area contributed by atoms with Gasteiger partial charge in [0.25, 0.3) is 0 Å². The first-order chi connectivity index (χ1) is 10.4. The number of ether oxygens (including phenoxy) is 1. The van der Waals surface area contributed by atoms with Gasteiger partial charge in [-0.15, -0.1) is 0 Å². The van der Waals surface area contributed by atoms with Gasteiger partial charge in [0.2, 0.25) is 5.91 Å². The van der Waals surface area contributed by atoms with Gasteiger partial charge in [-0.25, -0.2) is 4.79 Å². The van der Waals surface area contributed by atoms with Gasteiger partial charge in [-0.3, -0.25) is 9.69 Å². The van der Waals surface area contributed by atoms with E-state index in [0.29, 0.717) is 19.6 Å². The predicted molar refractivity (Wildman–Crippen MR) is 91.4 cm³/mol. The topological polar surface area (TPSA) is 61.9 Å². The summed E-state index contributed by atoms with van der Waals surface area (Å²) in [5, 5.41) is 3.03. The summed E-state index contributed by atoms with van der Waals surface area (Å²) in [4.78, 5) is 28.7. The summed E-state index contributed by atoms with van der Waals surface area (Å²) >= 11 is 0. The lowest BCUT2D eigenvalue weighted by molar-refractivity contribution is -0.130. The molecule has 0 aromatic carbocycles. The molecule has 134 valence electrons. The Morgan fingerprint density at radius 1 is 1.13 bits per heavy atom. The molecule has 0 radical (unpaired) electrons. The Hall–Kier alpha value is -1.30. The first-order valence-electron chi connectivity index (χ1n) is 8.47. The van der Waals surface area contributed by atoms with E-state index in [2.05, 4.69) is 17.1 Å². The zero-order chi connectivity index (χ0) is 17.8. The van der Waals surface area contributed by atoms with Crippen molar-refractivity contribution < 1.29 is 14.3 Å². The molecule has 0 bridgehead atoms. The average molecular weight is 327 g/mol. The van der Waals surface area contributed by atoms with Crippen molar-refractivity contribution in [2.75, 3.05) is 26.2 Å². The second-order valence-corrected chi connectivity index (χ2v) is 8.22. The first kappa shape index (κ1) is 19.7. The monoisotopic (exact) mass is 327 g/mol. The Morgan fingerprint density at radius 2 is 1.74 bits per heavy atom. The number of nitrogens with zero attached hydrogens (tertiary/aromatic N) is 2. The second-order valence-electron chi connectivity index (χ2n) is 8.22. The number of hydrogen-bond donors (Lipinski definition) is 1. The molecule has 23 heavy (non-hydrogen) atoms. The highest BCUT2D eigenvalue weighted by molar-refractivity contribution is 5.83. The van der Waals surface area contributed by atoms with Crippen LogP contribution in [0.25, 0.3) is 0 Å². The van der Waals surface area contributed by atoms with Crippen molar-refractivity contribution in [2.45, 2.75) is 72.1 Å². The molecule has 0 spiro atoms. The summed E-state index contributed by atoms with van der Waals surface area (Å²) in [5.74, 6) is -0.0285. The minimum Gasteiger partial charge on any atom is -0.444 e. The van der Waals surface area contributed by atoms with Gasteiger partial charge in [0.15, 0.2) is 0 Å². The third-order valence-corrected chi connectivity index (χ3v) is 3.45. The number of piperazine rings is 1. The van der Waals surface area contributed by atoms with E-state index in [1.807, 2.05) is 41.5 Å². The zero-order valence-electron chi connectivity index (χ0n) is 15.7. The van der Waals surface area contributed by atoms with Crippen LogP contribution in [0.2, 0.25) is 0 Å². The van der Waals surface area contributed by atoms with Gasteiger partial charge in [-0.1, -0.05) is 6.92 Å². The lowest BCUT2D eigenvalue weighted by Gasteiger charge is -2.41.